The highest BCUT2D eigenvalue weighted by atomic mass is 32.2. The van der Waals surface area contributed by atoms with E-state index in [0.717, 1.165) is 25.3 Å². The van der Waals surface area contributed by atoms with Gasteiger partial charge in [-0.3, -0.25) is 13.8 Å². The molecule has 170 valence electrons. The van der Waals surface area contributed by atoms with Crippen molar-refractivity contribution in [3.63, 3.8) is 0 Å². The Morgan fingerprint density at radius 2 is 1.60 bits per heavy atom. The zero-order valence-electron chi connectivity index (χ0n) is 18.1. The lowest BCUT2D eigenvalue weighted by atomic mass is 10.0. The van der Waals surface area contributed by atoms with Gasteiger partial charge in [0.2, 0.25) is 0 Å². The van der Waals surface area contributed by atoms with Crippen LogP contribution in [0.4, 0.5) is 0 Å². The summed E-state index contributed by atoms with van der Waals surface area (Å²) >= 11 is 0. The predicted octanol–water partition coefficient (Wildman–Crippen LogP) is -2.08. The molecule has 0 aliphatic carbocycles. The van der Waals surface area contributed by atoms with E-state index in [2.05, 4.69) is 20.5 Å². The highest BCUT2D eigenvalue weighted by molar-refractivity contribution is 7.85. The molecule has 0 amide bonds. The molecule has 1 aromatic heterocycles. The van der Waals surface area contributed by atoms with Crippen LogP contribution >= 0.6 is 0 Å². The van der Waals surface area contributed by atoms with Crippen molar-refractivity contribution in [2.75, 3.05) is 85.8 Å². The molecule has 1 N–H and O–H groups in total. The van der Waals surface area contributed by atoms with Gasteiger partial charge in [-0.2, -0.15) is 0 Å². The first-order valence-corrected chi connectivity index (χ1v) is 11.9. The zero-order valence-corrected chi connectivity index (χ0v) is 18.9. The molecule has 1 saturated heterocycles. The Bertz CT molecular complexity index is 618. The molecule has 1 aliphatic heterocycles. The van der Waals surface area contributed by atoms with E-state index in [9.17, 15) is 4.21 Å². The number of aromatic nitrogens is 3. The molecule has 10 nitrogen and oxygen atoms in total. The third kappa shape index (κ3) is 9.50. The molecule has 1 unspecified atom stereocenters. The molecule has 0 saturated carbocycles. The van der Waals surface area contributed by atoms with Gasteiger partial charge >= 0.3 is 0 Å². The second kappa shape index (κ2) is 15.0. The summed E-state index contributed by atoms with van der Waals surface area (Å²) in [6.07, 6.45) is 1.75. The number of hydrogen-bond acceptors (Lipinski definition) is 9. The van der Waals surface area contributed by atoms with Gasteiger partial charge in [0.15, 0.2) is 0 Å². The lowest BCUT2D eigenvalue weighted by Gasteiger charge is -2.37. The molecule has 1 aliphatic rings. The molecule has 0 spiro atoms. The summed E-state index contributed by atoms with van der Waals surface area (Å²) < 4.78 is 34.8. The minimum Gasteiger partial charge on any atom is -0.378 e. The molecule has 30 heavy (non-hydrogen) atoms. The summed E-state index contributed by atoms with van der Waals surface area (Å²) in [5, 5.41) is 11.5. The van der Waals surface area contributed by atoms with Crippen LogP contribution in [0.1, 0.15) is 5.69 Å². The van der Waals surface area contributed by atoms with Crippen molar-refractivity contribution >= 4 is 24.2 Å². The summed E-state index contributed by atoms with van der Waals surface area (Å²) in [4.78, 5) is 2.17. The molecule has 2 radical (unpaired) electrons. The third-order valence-corrected chi connectivity index (χ3v) is 5.91. The van der Waals surface area contributed by atoms with E-state index in [1.54, 1.807) is 10.9 Å². The summed E-state index contributed by atoms with van der Waals surface area (Å²) in [5.74, 6) is 0. The molecule has 1 atom stereocenters. The average molecular weight is 443 g/mol. The van der Waals surface area contributed by atoms with E-state index < -0.39 is 10.8 Å². The van der Waals surface area contributed by atoms with Crippen molar-refractivity contribution in [2.45, 2.75) is 18.3 Å². The largest absolute Gasteiger partial charge is 0.378 e. The zero-order chi connectivity index (χ0) is 21.6. The van der Waals surface area contributed by atoms with Gasteiger partial charge in [-0.25, -0.2) is 0 Å². The second-order valence-electron chi connectivity index (χ2n) is 7.01. The van der Waals surface area contributed by atoms with Crippen molar-refractivity contribution in [2.24, 2.45) is 0 Å². The molecule has 12 heteroatoms. The smallest absolute Gasteiger partial charge is 0.144 e. The maximum Gasteiger partial charge on any atom is 0.144 e. The number of nitrogens with one attached hydrogen (secondary N) is 1. The van der Waals surface area contributed by atoms with Crippen LogP contribution in [0, 0.1) is 0 Å². The van der Waals surface area contributed by atoms with Crippen LogP contribution in [0.25, 0.3) is 0 Å². The minimum absolute atomic E-state index is 0.255. The summed E-state index contributed by atoms with van der Waals surface area (Å²) in [6.45, 7) is 8.06. The molecular weight excluding hydrogens is 409 g/mol. The van der Waals surface area contributed by atoms with Crippen LogP contribution in [0.5, 0.6) is 0 Å². The van der Waals surface area contributed by atoms with Gasteiger partial charge in [0, 0.05) is 48.8 Å². The second-order valence-corrected chi connectivity index (χ2v) is 8.68. The molecule has 1 aromatic rings. The topological polar surface area (TPSA) is 100.0 Å². The maximum atomic E-state index is 11.4. The highest BCUT2D eigenvalue weighted by Crippen LogP contribution is 2.14. The van der Waals surface area contributed by atoms with E-state index in [4.69, 9.17) is 26.8 Å². The number of likely N-dealkylation sites (N-methyl/N-ethyl adjacent to an activating group) is 1. The standard InChI is InChI=1S/C18H34BN5O5S/c1-20-3-5-26-7-9-28-11-12-29-10-8-27-6-4-24-18(19)17(21-22-24)15-23-13-16(14-23)30(2)25/h16,20H,3-15H2,1-2H3. The van der Waals surface area contributed by atoms with E-state index in [1.165, 1.54) is 0 Å². The van der Waals surface area contributed by atoms with Crippen molar-refractivity contribution in [3.05, 3.63) is 5.69 Å². The van der Waals surface area contributed by atoms with Crippen molar-refractivity contribution in [1.29, 1.82) is 0 Å². The van der Waals surface area contributed by atoms with Crippen LogP contribution < -0.4 is 10.9 Å². The quantitative estimate of drug-likeness (QED) is 0.202. The number of rotatable bonds is 18. The maximum absolute atomic E-state index is 11.4. The third-order valence-electron chi connectivity index (χ3n) is 4.67. The van der Waals surface area contributed by atoms with Gasteiger partial charge in [-0.05, 0) is 7.05 Å². The Kier molecular flexibility index (Phi) is 12.7. The van der Waals surface area contributed by atoms with Crippen LogP contribution in [0.3, 0.4) is 0 Å². The summed E-state index contributed by atoms with van der Waals surface area (Å²) in [7, 11) is 7.25. The summed E-state index contributed by atoms with van der Waals surface area (Å²) in [6, 6.07) is 0. The molecule has 0 aromatic carbocycles. The average Bonchev–Trinajstić information content (AvgIpc) is 3.04. The fourth-order valence-corrected chi connectivity index (χ4v) is 3.64. The monoisotopic (exact) mass is 443 g/mol. The lowest BCUT2D eigenvalue weighted by Crippen LogP contribution is -2.52. The Hall–Kier alpha value is -0.885. The minimum atomic E-state index is -0.770. The van der Waals surface area contributed by atoms with Crippen molar-refractivity contribution in [3.8, 4) is 0 Å². The Balaban J connectivity index is 1.42. The molecule has 1 fully saturated rings. The highest BCUT2D eigenvalue weighted by Gasteiger charge is 2.30. The van der Waals surface area contributed by atoms with E-state index in [1.807, 2.05) is 7.05 Å². The number of ether oxygens (including phenoxy) is 4. The van der Waals surface area contributed by atoms with Gasteiger partial charge in [0.25, 0.3) is 0 Å². The van der Waals surface area contributed by atoms with E-state index in [-0.39, 0.29) is 5.25 Å². The number of nitrogens with zero attached hydrogens (tertiary/aromatic N) is 4. The van der Waals surface area contributed by atoms with Gasteiger partial charge in [-0.15, -0.1) is 5.10 Å². The fourth-order valence-electron chi connectivity index (χ4n) is 2.79. The lowest BCUT2D eigenvalue weighted by molar-refractivity contribution is -0.00228. The van der Waals surface area contributed by atoms with E-state index >= 15 is 0 Å². The van der Waals surface area contributed by atoms with Crippen molar-refractivity contribution in [1.82, 2.24) is 25.2 Å². The molecule has 2 heterocycles. The molecule has 0 bridgehead atoms. The Labute approximate surface area is 182 Å². The first-order valence-electron chi connectivity index (χ1n) is 10.3. The van der Waals surface area contributed by atoms with Crippen LogP contribution in [-0.2, 0) is 42.8 Å². The normalized spacial score (nSPS) is 16.1. The molecule has 2 rings (SSSR count). The van der Waals surface area contributed by atoms with Crippen LogP contribution in [0.15, 0.2) is 0 Å². The molecular formula is C18H34BN5O5S. The fraction of sp³-hybridized carbons (Fsp3) is 0.889. The van der Waals surface area contributed by atoms with Crippen LogP contribution in [-0.4, -0.2) is 123 Å². The van der Waals surface area contributed by atoms with Gasteiger partial charge in [0.05, 0.1) is 70.3 Å². The Morgan fingerprint density at radius 3 is 2.17 bits per heavy atom. The van der Waals surface area contributed by atoms with Gasteiger partial charge < -0.3 is 24.3 Å². The Morgan fingerprint density at radius 1 is 1.03 bits per heavy atom. The number of likely N-dealkylation sites (tertiary alicyclic amines) is 1. The van der Waals surface area contributed by atoms with Crippen molar-refractivity contribution < 1.29 is 23.2 Å². The number of hydrogen-bond donors (Lipinski definition) is 1. The first-order chi connectivity index (χ1) is 14.6. The van der Waals surface area contributed by atoms with Gasteiger partial charge in [-0.1, -0.05) is 5.21 Å². The summed E-state index contributed by atoms with van der Waals surface area (Å²) in [5.41, 5.74) is 1.31. The first kappa shape index (κ1) is 25.4. The predicted molar refractivity (Wildman–Crippen MR) is 116 cm³/mol. The van der Waals surface area contributed by atoms with E-state index in [0.29, 0.717) is 71.5 Å². The van der Waals surface area contributed by atoms with Crippen LogP contribution in [0.2, 0.25) is 0 Å². The SMILES string of the molecule is [B]c1c(CN2CC(S(C)=O)C2)nnn1CCOCCOCCOCCOCCNC. The van der Waals surface area contributed by atoms with Gasteiger partial charge in [0.1, 0.15) is 7.85 Å².